The van der Waals surface area contributed by atoms with Crippen molar-refractivity contribution in [2.45, 2.75) is 6.92 Å². The summed E-state index contributed by atoms with van der Waals surface area (Å²) in [5.74, 6) is -1.04. The van der Waals surface area contributed by atoms with Gasteiger partial charge in [0.1, 0.15) is 11.0 Å². The van der Waals surface area contributed by atoms with Crippen LogP contribution in [-0.4, -0.2) is 24.4 Å². The highest BCUT2D eigenvalue weighted by Gasteiger charge is 2.25. The van der Waals surface area contributed by atoms with Gasteiger partial charge >= 0.3 is 0 Å². The highest BCUT2D eigenvalue weighted by atomic mass is 16.5. The zero-order valence-corrected chi connectivity index (χ0v) is 12.3. The summed E-state index contributed by atoms with van der Waals surface area (Å²) in [6.45, 7) is 1.86. The number of aromatic hydroxyl groups is 2. The first-order chi connectivity index (χ1) is 10.5. The minimum Gasteiger partial charge on any atom is -0.504 e. The monoisotopic (exact) mass is 302 g/mol. The van der Waals surface area contributed by atoms with Gasteiger partial charge in [-0.2, -0.15) is 0 Å². The predicted molar refractivity (Wildman–Crippen MR) is 81.2 cm³/mol. The molecule has 1 heterocycles. The SMILES string of the molecule is COc1c(OC)c(O)c2c(=O)c3ccc(C)cc3oc2c1O. The zero-order valence-electron chi connectivity index (χ0n) is 12.3. The molecule has 3 aromatic rings. The summed E-state index contributed by atoms with van der Waals surface area (Å²) in [6, 6.07) is 5.06. The second-order valence-corrected chi connectivity index (χ2v) is 4.90. The van der Waals surface area contributed by atoms with Gasteiger partial charge in [-0.05, 0) is 24.6 Å². The molecule has 0 saturated heterocycles. The molecule has 6 nitrogen and oxygen atoms in total. The van der Waals surface area contributed by atoms with Gasteiger partial charge in [-0.15, -0.1) is 0 Å². The van der Waals surface area contributed by atoms with Gasteiger partial charge in [-0.25, -0.2) is 0 Å². The highest BCUT2D eigenvalue weighted by molar-refractivity contribution is 5.99. The average Bonchev–Trinajstić information content (AvgIpc) is 2.49. The quantitative estimate of drug-likeness (QED) is 0.559. The molecule has 0 aliphatic rings. The van der Waals surface area contributed by atoms with Crippen molar-refractivity contribution in [1.29, 1.82) is 0 Å². The molecule has 22 heavy (non-hydrogen) atoms. The molecule has 6 heteroatoms. The van der Waals surface area contributed by atoms with Crippen LogP contribution in [0.25, 0.3) is 21.9 Å². The van der Waals surface area contributed by atoms with Gasteiger partial charge in [0.25, 0.3) is 0 Å². The van der Waals surface area contributed by atoms with Crippen molar-refractivity contribution in [2.75, 3.05) is 14.2 Å². The molecule has 0 unspecified atom stereocenters. The lowest BCUT2D eigenvalue weighted by atomic mass is 10.1. The second kappa shape index (κ2) is 4.84. The van der Waals surface area contributed by atoms with Crippen LogP contribution >= 0.6 is 0 Å². The van der Waals surface area contributed by atoms with Gasteiger partial charge in [0.15, 0.2) is 11.3 Å². The van der Waals surface area contributed by atoms with E-state index in [1.807, 2.05) is 6.92 Å². The van der Waals surface area contributed by atoms with Gasteiger partial charge in [-0.3, -0.25) is 4.79 Å². The predicted octanol–water partition coefficient (Wildman–Crippen LogP) is 2.68. The number of hydrogen-bond donors (Lipinski definition) is 2. The van der Waals surface area contributed by atoms with Crippen LogP contribution in [-0.2, 0) is 0 Å². The summed E-state index contributed by atoms with van der Waals surface area (Å²) in [7, 11) is 2.61. The number of ether oxygens (including phenoxy) is 2. The van der Waals surface area contributed by atoms with Crippen molar-refractivity contribution in [3.63, 3.8) is 0 Å². The number of methoxy groups -OCH3 is 2. The molecule has 114 valence electrons. The van der Waals surface area contributed by atoms with E-state index in [4.69, 9.17) is 13.9 Å². The van der Waals surface area contributed by atoms with E-state index in [1.165, 1.54) is 14.2 Å². The lowest BCUT2D eigenvalue weighted by Gasteiger charge is -2.13. The third-order valence-electron chi connectivity index (χ3n) is 3.54. The van der Waals surface area contributed by atoms with E-state index in [9.17, 15) is 15.0 Å². The van der Waals surface area contributed by atoms with Crippen LogP contribution in [0.3, 0.4) is 0 Å². The maximum Gasteiger partial charge on any atom is 0.211 e. The number of benzene rings is 2. The third kappa shape index (κ3) is 1.77. The van der Waals surface area contributed by atoms with Crippen molar-refractivity contribution in [3.8, 4) is 23.0 Å². The molecular formula is C16H14O6. The summed E-state index contributed by atoms with van der Waals surface area (Å²) >= 11 is 0. The van der Waals surface area contributed by atoms with E-state index < -0.39 is 16.9 Å². The molecule has 0 aliphatic heterocycles. The van der Waals surface area contributed by atoms with Crippen LogP contribution in [0, 0.1) is 6.92 Å². The minimum absolute atomic E-state index is 0.0948. The Balaban J connectivity index is 2.61. The number of aryl methyl sites for hydroxylation is 1. The van der Waals surface area contributed by atoms with Gasteiger partial charge in [-0.1, -0.05) is 6.07 Å². The molecule has 2 N–H and O–H groups in total. The van der Waals surface area contributed by atoms with Crippen molar-refractivity contribution < 1.29 is 24.1 Å². The Morgan fingerprint density at radius 3 is 2.32 bits per heavy atom. The van der Waals surface area contributed by atoms with E-state index in [2.05, 4.69) is 0 Å². The third-order valence-corrected chi connectivity index (χ3v) is 3.54. The van der Waals surface area contributed by atoms with E-state index in [0.29, 0.717) is 11.0 Å². The highest BCUT2D eigenvalue weighted by Crippen LogP contribution is 2.49. The molecule has 0 bridgehead atoms. The van der Waals surface area contributed by atoms with Crippen LogP contribution in [0.15, 0.2) is 27.4 Å². The summed E-state index contributed by atoms with van der Waals surface area (Å²) in [5, 5.41) is 20.8. The Bertz CT molecular complexity index is 955. The fourth-order valence-corrected chi connectivity index (χ4v) is 2.49. The Morgan fingerprint density at radius 1 is 1.05 bits per heavy atom. The number of hydrogen-bond acceptors (Lipinski definition) is 6. The van der Waals surface area contributed by atoms with E-state index in [1.54, 1.807) is 18.2 Å². The van der Waals surface area contributed by atoms with Crippen molar-refractivity contribution in [1.82, 2.24) is 0 Å². The fourth-order valence-electron chi connectivity index (χ4n) is 2.49. The summed E-state index contributed by atoms with van der Waals surface area (Å²) < 4.78 is 15.7. The van der Waals surface area contributed by atoms with E-state index >= 15 is 0 Å². The molecule has 0 radical (unpaired) electrons. The largest absolute Gasteiger partial charge is 0.504 e. The second-order valence-electron chi connectivity index (χ2n) is 4.90. The molecule has 0 amide bonds. The van der Waals surface area contributed by atoms with Crippen LogP contribution in [0.5, 0.6) is 23.0 Å². The van der Waals surface area contributed by atoms with Crippen molar-refractivity contribution in [3.05, 3.63) is 34.0 Å². The summed E-state index contributed by atoms with van der Waals surface area (Å²) in [5.41, 5.74) is 0.627. The minimum atomic E-state index is -0.454. The van der Waals surface area contributed by atoms with E-state index in [0.717, 1.165) is 5.56 Å². The standard InChI is InChI=1S/C16H14O6/c1-7-4-5-8-9(6-7)22-14-10(11(8)17)12(18)15(20-2)16(21-3)13(14)19/h4-6,18-19H,1-3H3. The molecule has 0 atom stereocenters. The van der Waals surface area contributed by atoms with Crippen LogP contribution < -0.4 is 14.9 Å². The normalized spacial score (nSPS) is 11.0. The first-order valence-corrected chi connectivity index (χ1v) is 6.52. The first-order valence-electron chi connectivity index (χ1n) is 6.52. The number of phenolic OH excluding ortho intramolecular Hbond substituents is 2. The lowest BCUT2D eigenvalue weighted by Crippen LogP contribution is -2.04. The van der Waals surface area contributed by atoms with Crippen LogP contribution in [0.4, 0.5) is 0 Å². The van der Waals surface area contributed by atoms with Gasteiger partial charge in [0.2, 0.25) is 22.7 Å². The van der Waals surface area contributed by atoms with E-state index in [-0.39, 0.29) is 22.5 Å². The summed E-state index contributed by atoms with van der Waals surface area (Å²) in [4.78, 5) is 12.6. The van der Waals surface area contributed by atoms with Gasteiger partial charge < -0.3 is 24.1 Å². The maximum absolute atomic E-state index is 12.6. The fraction of sp³-hybridized carbons (Fsp3) is 0.188. The zero-order chi connectivity index (χ0) is 16.0. The topological polar surface area (TPSA) is 89.1 Å². The van der Waals surface area contributed by atoms with Crippen LogP contribution in [0.1, 0.15) is 5.56 Å². The van der Waals surface area contributed by atoms with Gasteiger partial charge in [0.05, 0.1) is 19.6 Å². The van der Waals surface area contributed by atoms with Crippen molar-refractivity contribution >= 4 is 21.9 Å². The van der Waals surface area contributed by atoms with Crippen LogP contribution in [0.2, 0.25) is 0 Å². The van der Waals surface area contributed by atoms with Crippen molar-refractivity contribution in [2.24, 2.45) is 0 Å². The Labute approximate surface area is 125 Å². The number of phenols is 2. The first kappa shape index (κ1) is 14.1. The average molecular weight is 302 g/mol. The smallest absolute Gasteiger partial charge is 0.211 e. The molecular weight excluding hydrogens is 288 g/mol. The van der Waals surface area contributed by atoms with Gasteiger partial charge in [0, 0.05) is 0 Å². The summed E-state index contributed by atoms with van der Waals surface area (Å²) in [6.07, 6.45) is 0. The molecule has 1 aromatic heterocycles. The Hall–Kier alpha value is -2.89. The number of fused-ring (bicyclic) bond motifs is 2. The molecule has 3 rings (SSSR count). The molecule has 0 fully saturated rings. The molecule has 0 spiro atoms. The number of rotatable bonds is 2. The lowest BCUT2D eigenvalue weighted by molar-refractivity contribution is 0.318. The molecule has 0 saturated carbocycles. The molecule has 0 aliphatic carbocycles. The Kier molecular flexibility index (Phi) is 3.09. The molecule has 2 aromatic carbocycles. The maximum atomic E-state index is 12.6. The Morgan fingerprint density at radius 2 is 1.68 bits per heavy atom.